The van der Waals surface area contributed by atoms with Crippen molar-refractivity contribution in [2.75, 3.05) is 0 Å². The summed E-state index contributed by atoms with van der Waals surface area (Å²) in [6, 6.07) is 12.8. The van der Waals surface area contributed by atoms with Crippen molar-refractivity contribution in [1.29, 1.82) is 0 Å². The molecule has 0 bridgehead atoms. The van der Waals surface area contributed by atoms with Crippen LogP contribution in [0.2, 0.25) is 0 Å². The first-order valence-corrected chi connectivity index (χ1v) is 4.49. The second-order valence-corrected chi connectivity index (χ2v) is 2.94. The van der Waals surface area contributed by atoms with E-state index >= 15 is 0 Å². The minimum Gasteiger partial charge on any atom is -0.748 e. The van der Waals surface area contributed by atoms with E-state index in [0.717, 1.165) is 0 Å². The van der Waals surface area contributed by atoms with Crippen molar-refractivity contribution in [1.82, 2.24) is 0 Å². The third-order valence-corrected chi connectivity index (χ3v) is 1.81. The Kier molecular flexibility index (Phi) is 6.62. The molecule has 0 spiro atoms. The Labute approximate surface area is 108 Å². The Morgan fingerprint density at radius 1 is 1.12 bits per heavy atom. The first-order valence-electron chi connectivity index (χ1n) is 4.49. The van der Waals surface area contributed by atoms with E-state index in [9.17, 15) is 14.7 Å². The van der Waals surface area contributed by atoms with E-state index in [-0.39, 0.29) is 22.3 Å². The van der Waals surface area contributed by atoms with Gasteiger partial charge in [-0.15, -0.1) is 0 Å². The summed E-state index contributed by atoms with van der Waals surface area (Å²) in [4.78, 5) is 20.0. The van der Waals surface area contributed by atoms with Crippen LogP contribution in [0.15, 0.2) is 48.5 Å². The standard InChI is InChI=1S/2C6H5O2.Co/c2*7-6(8)5-3-1-2-4-5;/h2*1-4H,(H,7,8);/q-5;-1;/p-1. The molecule has 0 saturated carbocycles. The molecule has 1 N–H and O–H groups in total. The molecule has 0 aromatic heterocycles. The van der Waals surface area contributed by atoms with Gasteiger partial charge in [0.25, 0.3) is 5.97 Å². The fourth-order valence-electron chi connectivity index (χ4n) is 1.03. The molecule has 0 unspecified atom stereocenters. The van der Waals surface area contributed by atoms with E-state index in [0.29, 0.717) is 5.56 Å². The number of carboxylic acids is 2. The summed E-state index contributed by atoms with van der Waals surface area (Å²) in [5.41, 5.74) is 0.593. The molecule has 0 aliphatic carbocycles. The van der Waals surface area contributed by atoms with Crippen LogP contribution in [0.1, 0.15) is 20.7 Å². The van der Waals surface area contributed by atoms with Gasteiger partial charge in [0, 0.05) is 16.8 Å². The topological polar surface area (TPSA) is 77.4 Å². The molecule has 2 rings (SSSR count). The van der Waals surface area contributed by atoms with E-state index in [1.807, 2.05) is 0 Å². The third kappa shape index (κ3) is 5.14. The summed E-state index contributed by atoms with van der Waals surface area (Å²) < 4.78 is 0. The van der Waals surface area contributed by atoms with E-state index in [4.69, 9.17) is 5.11 Å². The van der Waals surface area contributed by atoms with Crippen molar-refractivity contribution < 1.29 is 36.6 Å². The van der Waals surface area contributed by atoms with Gasteiger partial charge in [0.2, 0.25) is 0 Å². The number of carboxylic acid groups (broad SMARTS) is 2. The van der Waals surface area contributed by atoms with Crippen molar-refractivity contribution in [2.24, 2.45) is 0 Å². The maximum Gasteiger partial charge on any atom is 0.278 e. The third-order valence-electron chi connectivity index (χ3n) is 1.81. The first kappa shape index (κ1) is 15.1. The van der Waals surface area contributed by atoms with Gasteiger partial charge < -0.3 is 50.8 Å². The maximum absolute atomic E-state index is 10.1. The number of hydrogen-bond acceptors (Lipinski definition) is 3. The molecule has 5 heteroatoms. The molecule has 0 heterocycles. The molecule has 2 aromatic carbocycles. The van der Waals surface area contributed by atoms with Gasteiger partial charge in [-0.2, -0.15) is 12.1 Å². The average Bonchev–Trinajstić information content (AvgIpc) is 2.93. The molecule has 0 amide bonds. The van der Waals surface area contributed by atoms with Crippen LogP contribution < -0.4 is 5.11 Å². The summed E-state index contributed by atoms with van der Waals surface area (Å²) in [7, 11) is 0. The van der Waals surface area contributed by atoms with Crippen LogP contribution in [0.5, 0.6) is 0 Å². The van der Waals surface area contributed by atoms with Crippen LogP contribution in [0.3, 0.4) is 0 Å². The first-order chi connectivity index (χ1) is 7.61. The van der Waals surface area contributed by atoms with Gasteiger partial charge in [-0.05, 0) is 0 Å². The van der Waals surface area contributed by atoms with Gasteiger partial charge in [-0.25, -0.2) is 12.1 Å². The molecule has 0 aliphatic heterocycles. The molecule has 0 aliphatic rings. The number of carbonyl (C=O) groups is 2. The van der Waals surface area contributed by atoms with Gasteiger partial charge >= 0.3 is 0 Å². The summed E-state index contributed by atoms with van der Waals surface area (Å²) in [5.74, 6) is -1.98. The molecule has 17 heavy (non-hydrogen) atoms. The Morgan fingerprint density at radius 2 is 1.59 bits per heavy atom. The van der Waals surface area contributed by atoms with Gasteiger partial charge in [0.15, 0.2) is 0 Å². The Hall–Kier alpha value is -1.85. The van der Waals surface area contributed by atoms with E-state index < -0.39 is 11.9 Å². The summed E-state index contributed by atoms with van der Waals surface area (Å²) in [5, 5.41) is 18.2. The number of carbonyl (C=O) groups excluding carboxylic acids is 1. The molecule has 4 nitrogen and oxygen atoms in total. The predicted molar refractivity (Wildman–Crippen MR) is 55.4 cm³/mol. The number of rotatable bonds is 2. The largest absolute Gasteiger partial charge is 0.748 e. The van der Waals surface area contributed by atoms with Gasteiger partial charge in [0.05, 0.1) is 0 Å². The molecular weight excluding hydrogens is 267 g/mol. The molecule has 0 fully saturated rings. The molecule has 1 radical (unpaired) electrons. The van der Waals surface area contributed by atoms with Crippen LogP contribution in [0.4, 0.5) is 0 Å². The Balaban J connectivity index is 0.000000284. The van der Waals surface area contributed by atoms with Crippen LogP contribution in [0.25, 0.3) is 0 Å². The van der Waals surface area contributed by atoms with Crippen molar-refractivity contribution in [3.63, 3.8) is 0 Å². The number of aromatic carboxylic acids is 2. The quantitative estimate of drug-likeness (QED) is 0.826. The number of hydrogen-bond donors (Lipinski definition) is 1. The fraction of sp³-hybridized carbons (Fsp3) is 0. The smallest absolute Gasteiger partial charge is 0.278 e. The predicted octanol–water partition coefficient (Wildman–Crippen LogP) is 0.870. The summed E-state index contributed by atoms with van der Waals surface area (Å²) in [6.45, 7) is 0. The van der Waals surface area contributed by atoms with Crippen molar-refractivity contribution >= 4 is 11.9 Å². The maximum atomic E-state index is 10.1. The molecule has 0 atom stereocenters. The zero-order valence-corrected chi connectivity index (χ0v) is 9.67. The van der Waals surface area contributed by atoms with Gasteiger partial charge in [-0.1, -0.05) is 5.56 Å². The monoisotopic (exact) mass is 276 g/mol. The molecule has 0 saturated heterocycles. The SMILES string of the molecule is O=C(O)[c-]1cccc1.O=C([O-])[c-]1[cH-][cH-][cH-][cH-]1.[Co]. The van der Waals surface area contributed by atoms with E-state index in [1.54, 1.807) is 36.4 Å². The summed E-state index contributed by atoms with van der Waals surface area (Å²) >= 11 is 0. The van der Waals surface area contributed by atoms with Crippen molar-refractivity contribution in [3.05, 3.63) is 59.7 Å². The van der Waals surface area contributed by atoms with Crippen molar-refractivity contribution in [3.8, 4) is 0 Å². The zero-order chi connectivity index (χ0) is 12.0. The normalized spacial score (nSPS) is 8.47. The van der Waals surface area contributed by atoms with Crippen LogP contribution in [0, 0.1) is 0 Å². The van der Waals surface area contributed by atoms with Crippen molar-refractivity contribution in [2.45, 2.75) is 0 Å². The molecule has 2 aromatic rings. The molecular formula is C12H9CoO4-7. The molecule has 97 valence electrons. The summed E-state index contributed by atoms with van der Waals surface area (Å²) in [6.07, 6.45) is 0. The minimum absolute atomic E-state index is 0. The van der Waals surface area contributed by atoms with E-state index in [1.165, 1.54) is 12.1 Å². The Bertz CT molecular complexity index is 399. The van der Waals surface area contributed by atoms with Crippen LogP contribution in [-0.4, -0.2) is 17.0 Å². The Morgan fingerprint density at radius 3 is 1.82 bits per heavy atom. The van der Waals surface area contributed by atoms with Gasteiger partial charge in [-0.3, -0.25) is 4.79 Å². The minimum atomic E-state index is -1.12. The zero-order valence-electron chi connectivity index (χ0n) is 8.62. The fourth-order valence-corrected chi connectivity index (χ4v) is 1.03. The van der Waals surface area contributed by atoms with Crippen LogP contribution >= 0.6 is 0 Å². The van der Waals surface area contributed by atoms with Gasteiger partial charge in [0.1, 0.15) is 0 Å². The van der Waals surface area contributed by atoms with Crippen LogP contribution in [-0.2, 0) is 16.8 Å². The second kappa shape index (κ2) is 7.42. The second-order valence-electron chi connectivity index (χ2n) is 2.94. The van der Waals surface area contributed by atoms with E-state index in [2.05, 4.69) is 0 Å². The average molecular weight is 276 g/mol.